The predicted molar refractivity (Wildman–Crippen MR) is 119 cm³/mol. The van der Waals surface area contributed by atoms with E-state index >= 15 is 0 Å². The summed E-state index contributed by atoms with van der Waals surface area (Å²) in [6.07, 6.45) is 19.2. The van der Waals surface area contributed by atoms with E-state index in [4.69, 9.17) is 9.47 Å². The van der Waals surface area contributed by atoms with Gasteiger partial charge in [-0.1, -0.05) is 25.8 Å². The largest absolute Gasteiger partial charge is 0.462 e. The molecular formula is C26H42O4. The van der Waals surface area contributed by atoms with E-state index in [0.717, 1.165) is 82.0 Å². The highest BCUT2D eigenvalue weighted by atomic mass is 16.5. The fourth-order valence-electron chi connectivity index (χ4n) is 6.05. The monoisotopic (exact) mass is 418 g/mol. The van der Waals surface area contributed by atoms with E-state index in [9.17, 15) is 9.59 Å². The molecule has 0 aromatic carbocycles. The van der Waals surface area contributed by atoms with Gasteiger partial charge in [0.1, 0.15) is 12.2 Å². The highest BCUT2D eigenvalue weighted by Crippen LogP contribution is 2.41. The molecular weight excluding hydrogens is 376 g/mol. The van der Waals surface area contributed by atoms with Crippen LogP contribution in [0.25, 0.3) is 0 Å². The molecule has 0 N–H and O–H groups in total. The topological polar surface area (TPSA) is 52.6 Å². The van der Waals surface area contributed by atoms with Crippen LogP contribution in [0.2, 0.25) is 0 Å². The zero-order valence-electron chi connectivity index (χ0n) is 19.2. The van der Waals surface area contributed by atoms with Crippen molar-refractivity contribution in [2.24, 2.45) is 23.7 Å². The Morgan fingerprint density at radius 2 is 1.30 bits per heavy atom. The molecule has 30 heavy (non-hydrogen) atoms. The van der Waals surface area contributed by atoms with Crippen molar-refractivity contribution < 1.29 is 19.1 Å². The summed E-state index contributed by atoms with van der Waals surface area (Å²) in [5.74, 6) is 2.29. The number of carbonyl (C=O) groups is 2. The molecule has 0 unspecified atom stereocenters. The zero-order chi connectivity index (χ0) is 21.3. The van der Waals surface area contributed by atoms with Crippen LogP contribution >= 0.6 is 0 Å². The van der Waals surface area contributed by atoms with Crippen LogP contribution in [0.1, 0.15) is 104 Å². The number of esters is 2. The summed E-state index contributed by atoms with van der Waals surface area (Å²) in [4.78, 5) is 24.3. The Labute approximate surface area is 183 Å². The van der Waals surface area contributed by atoms with Crippen LogP contribution in [0, 0.1) is 23.7 Å². The van der Waals surface area contributed by atoms with Crippen molar-refractivity contribution in [2.75, 3.05) is 0 Å². The third kappa shape index (κ3) is 6.85. The molecule has 0 radical (unpaired) electrons. The average Bonchev–Trinajstić information content (AvgIpc) is 2.76. The van der Waals surface area contributed by atoms with Crippen LogP contribution < -0.4 is 0 Å². The molecule has 0 aliphatic heterocycles. The van der Waals surface area contributed by atoms with E-state index < -0.39 is 0 Å². The Kier molecular flexibility index (Phi) is 9.27. The van der Waals surface area contributed by atoms with Crippen molar-refractivity contribution in [3.63, 3.8) is 0 Å². The Morgan fingerprint density at radius 1 is 0.767 bits per heavy atom. The Hall–Kier alpha value is -1.32. The van der Waals surface area contributed by atoms with Gasteiger partial charge in [-0.2, -0.15) is 0 Å². The minimum absolute atomic E-state index is 0.0759. The second kappa shape index (κ2) is 11.9. The first-order valence-electron chi connectivity index (χ1n) is 12.6. The van der Waals surface area contributed by atoms with Crippen molar-refractivity contribution in [1.82, 2.24) is 0 Å². The molecule has 3 aliphatic rings. The molecule has 0 aromatic rings. The molecule has 3 aliphatic carbocycles. The second-order valence-electron chi connectivity index (χ2n) is 9.95. The Morgan fingerprint density at radius 3 is 1.87 bits per heavy atom. The Bertz CT molecular complexity index is 560. The molecule has 0 aromatic heterocycles. The number of allylic oxidation sites excluding steroid dienone is 1. The Balaban J connectivity index is 1.33. The maximum Gasteiger partial charge on any atom is 0.330 e. The summed E-state index contributed by atoms with van der Waals surface area (Å²) in [5.41, 5.74) is 0. The predicted octanol–water partition coefficient (Wildman–Crippen LogP) is 6.37. The van der Waals surface area contributed by atoms with Gasteiger partial charge in [0.2, 0.25) is 0 Å². The lowest BCUT2D eigenvalue weighted by molar-refractivity contribution is -0.157. The van der Waals surface area contributed by atoms with Gasteiger partial charge >= 0.3 is 11.9 Å². The summed E-state index contributed by atoms with van der Waals surface area (Å²) in [6.45, 7) is 4.09. The maximum absolute atomic E-state index is 12.7. The first kappa shape index (κ1) is 23.3. The fraction of sp³-hybridized carbons (Fsp3) is 0.846. The quantitative estimate of drug-likeness (QED) is 0.356. The van der Waals surface area contributed by atoms with Crippen LogP contribution in [-0.2, 0) is 19.1 Å². The van der Waals surface area contributed by atoms with Gasteiger partial charge in [-0.3, -0.25) is 4.79 Å². The van der Waals surface area contributed by atoms with Crippen molar-refractivity contribution in [1.29, 1.82) is 0 Å². The molecule has 170 valence electrons. The minimum atomic E-state index is -0.209. The third-order valence-corrected chi connectivity index (χ3v) is 7.85. The lowest BCUT2D eigenvalue weighted by Crippen LogP contribution is -2.33. The van der Waals surface area contributed by atoms with Crippen molar-refractivity contribution in [3.8, 4) is 0 Å². The first-order chi connectivity index (χ1) is 14.6. The summed E-state index contributed by atoms with van der Waals surface area (Å²) < 4.78 is 11.4. The molecule has 0 amide bonds. The molecule has 0 atom stereocenters. The summed E-state index contributed by atoms with van der Waals surface area (Å²) in [7, 11) is 0. The SMILES string of the molecule is CC=CC(=O)OC1CCC(C2CCC(C(=O)OC3CCC(CCC)CC3)CC2)CC1. The smallest absolute Gasteiger partial charge is 0.330 e. The van der Waals surface area contributed by atoms with Gasteiger partial charge in [-0.05, 0) is 102 Å². The number of ether oxygens (including phenoxy) is 2. The van der Waals surface area contributed by atoms with E-state index in [0.29, 0.717) is 0 Å². The zero-order valence-corrected chi connectivity index (χ0v) is 19.2. The summed E-state index contributed by atoms with van der Waals surface area (Å²) in [5, 5.41) is 0. The van der Waals surface area contributed by atoms with E-state index in [2.05, 4.69) is 6.92 Å². The van der Waals surface area contributed by atoms with E-state index in [-0.39, 0.29) is 30.1 Å². The van der Waals surface area contributed by atoms with Crippen LogP contribution in [0.15, 0.2) is 12.2 Å². The molecule has 3 rings (SSSR count). The molecule has 0 heterocycles. The lowest BCUT2D eigenvalue weighted by atomic mass is 9.70. The normalized spacial score (nSPS) is 35.1. The van der Waals surface area contributed by atoms with Crippen molar-refractivity contribution in [3.05, 3.63) is 12.2 Å². The van der Waals surface area contributed by atoms with Gasteiger partial charge in [-0.15, -0.1) is 0 Å². The number of rotatable bonds is 7. The fourth-order valence-corrected chi connectivity index (χ4v) is 6.05. The van der Waals surface area contributed by atoms with Crippen LogP contribution in [0.5, 0.6) is 0 Å². The van der Waals surface area contributed by atoms with Gasteiger partial charge in [0, 0.05) is 6.08 Å². The molecule has 0 saturated heterocycles. The molecule has 0 spiro atoms. The van der Waals surface area contributed by atoms with Gasteiger partial charge in [0.05, 0.1) is 5.92 Å². The standard InChI is InChI=1S/C26H42O4/c1-3-5-19-7-15-24(16-8-19)30-26(28)22-11-9-20(10-12-22)21-13-17-23(18-14-21)29-25(27)6-4-2/h4,6,19-24H,3,5,7-18H2,1-2H3. The van der Waals surface area contributed by atoms with Gasteiger partial charge in [-0.25, -0.2) is 4.79 Å². The molecule has 4 heteroatoms. The van der Waals surface area contributed by atoms with E-state index in [1.165, 1.54) is 31.8 Å². The van der Waals surface area contributed by atoms with E-state index in [1.54, 1.807) is 6.08 Å². The summed E-state index contributed by atoms with van der Waals surface area (Å²) in [6, 6.07) is 0. The molecule has 3 fully saturated rings. The molecule has 3 saturated carbocycles. The van der Waals surface area contributed by atoms with Crippen molar-refractivity contribution >= 4 is 11.9 Å². The van der Waals surface area contributed by atoms with Gasteiger partial charge in [0.15, 0.2) is 0 Å². The second-order valence-corrected chi connectivity index (χ2v) is 9.95. The van der Waals surface area contributed by atoms with Gasteiger partial charge < -0.3 is 9.47 Å². The summed E-state index contributed by atoms with van der Waals surface area (Å²) >= 11 is 0. The third-order valence-electron chi connectivity index (χ3n) is 7.85. The highest BCUT2D eigenvalue weighted by molar-refractivity contribution is 5.81. The minimum Gasteiger partial charge on any atom is -0.462 e. The van der Waals surface area contributed by atoms with Crippen LogP contribution in [0.3, 0.4) is 0 Å². The first-order valence-corrected chi connectivity index (χ1v) is 12.6. The lowest BCUT2D eigenvalue weighted by Gasteiger charge is -2.37. The van der Waals surface area contributed by atoms with Gasteiger partial charge in [0.25, 0.3) is 0 Å². The van der Waals surface area contributed by atoms with Crippen LogP contribution in [0.4, 0.5) is 0 Å². The average molecular weight is 419 g/mol. The highest BCUT2D eigenvalue weighted by Gasteiger charge is 2.35. The number of hydrogen-bond donors (Lipinski definition) is 0. The molecule has 0 bridgehead atoms. The number of carbonyl (C=O) groups excluding carboxylic acids is 2. The maximum atomic E-state index is 12.7. The van der Waals surface area contributed by atoms with Crippen LogP contribution in [-0.4, -0.2) is 24.1 Å². The molecule has 4 nitrogen and oxygen atoms in total. The van der Waals surface area contributed by atoms with E-state index in [1.807, 2.05) is 6.92 Å². The number of hydrogen-bond acceptors (Lipinski definition) is 4. The van der Waals surface area contributed by atoms with Crippen molar-refractivity contribution in [2.45, 2.75) is 116 Å².